The summed E-state index contributed by atoms with van der Waals surface area (Å²) >= 11 is 0. The minimum atomic E-state index is -1.04. The summed E-state index contributed by atoms with van der Waals surface area (Å²) in [6, 6.07) is 3.35. The summed E-state index contributed by atoms with van der Waals surface area (Å²) in [7, 11) is 0. The molecule has 86 valence electrons. The van der Waals surface area contributed by atoms with Crippen molar-refractivity contribution < 1.29 is 9.90 Å². The zero-order valence-corrected chi connectivity index (χ0v) is 9.17. The molecule has 1 aromatic heterocycles. The van der Waals surface area contributed by atoms with Crippen LogP contribution in [0.15, 0.2) is 24.5 Å². The predicted octanol–water partition coefficient (Wildman–Crippen LogP) is 1.13. The first-order valence-corrected chi connectivity index (χ1v) is 5.66. The summed E-state index contributed by atoms with van der Waals surface area (Å²) in [6.45, 7) is 1.53. The van der Waals surface area contributed by atoms with E-state index in [9.17, 15) is 9.90 Å². The van der Waals surface area contributed by atoms with Crippen molar-refractivity contribution in [3.8, 4) is 0 Å². The van der Waals surface area contributed by atoms with Crippen molar-refractivity contribution in [3.05, 3.63) is 30.1 Å². The SMILES string of the molecule is O=C(C(O)c1ccncc1)N1CCCCC1. The summed E-state index contributed by atoms with van der Waals surface area (Å²) in [4.78, 5) is 17.6. The number of piperidine rings is 1. The molecule has 1 aliphatic heterocycles. The van der Waals surface area contributed by atoms with Crippen LogP contribution in [0.1, 0.15) is 30.9 Å². The molecule has 1 aliphatic rings. The molecule has 0 spiro atoms. The van der Waals surface area contributed by atoms with E-state index in [0.29, 0.717) is 5.56 Å². The lowest BCUT2D eigenvalue weighted by Crippen LogP contribution is -2.38. The van der Waals surface area contributed by atoms with Crippen LogP contribution in [0.2, 0.25) is 0 Å². The molecule has 0 aliphatic carbocycles. The minimum absolute atomic E-state index is 0.189. The van der Waals surface area contributed by atoms with Gasteiger partial charge in [0.25, 0.3) is 5.91 Å². The number of amides is 1. The van der Waals surface area contributed by atoms with Gasteiger partial charge in [0.1, 0.15) is 0 Å². The van der Waals surface area contributed by atoms with Crippen molar-refractivity contribution in [3.63, 3.8) is 0 Å². The predicted molar refractivity (Wildman–Crippen MR) is 59.6 cm³/mol. The van der Waals surface area contributed by atoms with Crippen LogP contribution in [-0.4, -0.2) is 34.0 Å². The highest BCUT2D eigenvalue weighted by Gasteiger charge is 2.24. The van der Waals surface area contributed by atoms with Crippen molar-refractivity contribution in [1.82, 2.24) is 9.88 Å². The zero-order chi connectivity index (χ0) is 11.4. The van der Waals surface area contributed by atoms with Crippen LogP contribution < -0.4 is 0 Å². The lowest BCUT2D eigenvalue weighted by Gasteiger charge is -2.28. The van der Waals surface area contributed by atoms with Crippen LogP contribution in [-0.2, 0) is 4.79 Å². The highest BCUT2D eigenvalue weighted by Crippen LogP contribution is 2.17. The topological polar surface area (TPSA) is 53.4 Å². The molecule has 0 saturated carbocycles. The van der Waals surface area contributed by atoms with E-state index in [4.69, 9.17) is 0 Å². The van der Waals surface area contributed by atoms with Crippen molar-refractivity contribution in [2.24, 2.45) is 0 Å². The smallest absolute Gasteiger partial charge is 0.256 e. The van der Waals surface area contributed by atoms with Gasteiger partial charge in [-0.05, 0) is 37.0 Å². The molecule has 4 nitrogen and oxygen atoms in total. The van der Waals surface area contributed by atoms with E-state index in [1.165, 1.54) is 6.42 Å². The van der Waals surface area contributed by atoms with Crippen LogP contribution in [0.4, 0.5) is 0 Å². The first kappa shape index (κ1) is 11.1. The Bertz CT molecular complexity index is 347. The molecule has 1 N–H and O–H groups in total. The average molecular weight is 220 g/mol. The summed E-state index contributed by atoms with van der Waals surface area (Å²) in [5.41, 5.74) is 0.616. The third-order valence-electron chi connectivity index (χ3n) is 2.92. The van der Waals surface area contributed by atoms with Gasteiger partial charge in [0, 0.05) is 25.5 Å². The molecular formula is C12H16N2O2. The van der Waals surface area contributed by atoms with E-state index in [0.717, 1.165) is 25.9 Å². The Hall–Kier alpha value is -1.42. The Labute approximate surface area is 94.9 Å². The fourth-order valence-corrected chi connectivity index (χ4v) is 1.98. The number of pyridine rings is 1. The van der Waals surface area contributed by atoms with Crippen molar-refractivity contribution in [2.75, 3.05) is 13.1 Å². The van der Waals surface area contributed by atoms with Gasteiger partial charge >= 0.3 is 0 Å². The van der Waals surface area contributed by atoms with Crippen LogP contribution in [0, 0.1) is 0 Å². The Morgan fingerprint density at radius 2 is 1.88 bits per heavy atom. The molecular weight excluding hydrogens is 204 g/mol. The first-order valence-electron chi connectivity index (χ1n) is 5.66. The van der Waals surface area contributed by atoms with Gasteiger partial charge in [-0.15, -0.1) is 0 Å². The largest absolute Gasteiger partial charge is 0.378 e. The second-order valence-electron chi connectivity index (χ2n) is 4.07. The van der Waals surface area contributed by atoms with Gasteiger partial charge < -0.3 is 10.0 Å². The summed E-state index contributed by atoms with van der Waals surface area (Å²) in [5.74, 6) is -0.189. The molecule has 1 amide bonds. The van der Waals surface area contributed by atoms with Gasteiger partial charge in [-0.25, -0.2) is 0 Å². The molecule has 1 unspecified atom stereocenters. The fraction of sp³-hybridized carbons (Fsp3) is 0.500. The van der Waals surface area contributed by atoms with Crippen molar-refractivity contribution in [2.45, 2.75) is 25.4 Å². The minimum Gasteiger partial charge on any atom is -0.378 e. The highest BCUT2D eigenvalue weighted by molar-refractivity contribution is 5.82. The van der Waals surface area contributed by atoms with E-state index < -0.39 is 6.10 Å². The summed E-state index contributed by atoms with van der Waals surface area (Å²) in [6.07, 6.45) is 5.38. The average Bonchev–Trinajstić information content (AvgIpc) is 2.39. The molecule has 1 aromatic rings. The number of aromatic nitrogens is 1. The molecule has 2 heterocycles. The molecule has 1 saturated heterocycles. The fourth-order valence-electron chi connectivity index (χ4n) is 1.98. The maximum Gasteiger partial charge on any atom is 0.256 e. The normalized spacial score (nSPS) is 18.2. The Morgan fingerprint density at radius 1 is 1.25 bits per heavy atom. The number of rotatable bonds is 2. The maximum atomic E-state index is 12.0. The number of aliphatic hydroxyl groups excluding tert-OH is 1. The number of likely N-dealkylation sites (tertiary alicyclic amines) is 1. The highest BCUT2D eigenvalue weighted by atomic mass is 16.3. The Kier molecular flexibility index (Phi) is 3.51. The second-order valence-corrected chi connectivity index (χ2v) is 4.07. The third kappa shape index (κ3) is 2.39. The summed E-state index contributed by atoms with van der Waals surface area (Å²) in [5, 5.41) is 9.92. The van der Waals surface area contributed by atoms with Crippen molar-refractivity contribution in [1.29, 1.82) is 0 Å². The van der Waals surface area contributed by atoms with Crippen LogP contribution in [0.3, 0.4) is 0 Å². The molecule has 4 heteroatoms. The second kappa shape index (κ2) is 5.07. The number of hydrogen-bond donors (Lipinski definition) is 1. The Balaban J connectivity index is 2.04. The standard InChI is InChI=1S/C12H16N2O2/c15-11(10-4-6-13-7-5-10)12(16)14-8-2-1-3-9-14/h4-7,11,15H,1-3,8-9H2. The lowest BCUT2D eigenvalue weighted by molar-refractivity contribution is -0.141. The van der Waals surface area contributed by atoms with E-state index in [1.54, 1.807) is 29.4 Å². The number of carbonyl (C=O) groups is 1. The molecule has 0 radical (unpaired) electrons. The molecule has 1 fully saturated rings. The maximum absolute atomic E-state index is 12.0. The van der Waals surface area contributed by atoms with E-state index >= 15 is 0 Å². The molecule has 16 heavy (non-hydrogen) atoms. The third-order valence-corrected chi connectivity index (χ3v) is 2.92. The van der Waals surface area contributed by atoms with Gasteiger partial charge in [-0.1, -0.05) is 0 Å². The van der Waals surface area contributed by atoms with Gasteiger partial charge in [-0.2, -0.15) is 0 Å². The molecule has 1 atom stereocenters. The van der Waals surface area contributed by atoms with Crippen LogP contribution in [0.25, 0.3) is 0 Å². The zero-order valence-electron chi connectivity index (χ0n) is 9.17. The summed E-state index contributed by atoms with van der Waals surface area (Å²) < 4.78 is 0. The molecule has 0 bridgehead atoms. The number of nitrogens with zero attached hydrogens (tertiary/aromatic N) is 2. The Morgan fingerprint density at radius 3 is 2.50 bits per heavy atom. The van der Waals surface area contributed by atoms with Gasteiger partial charge in [-0.3, -0.25) is 9.78 Å². The molecule has 2 rings (SSSR count). The van der Waals surface area contributed by atoms with E-state index in [-0.39, 0.29) is 5.91 Å². The quantitative estimate of drug-likeness (QED) is 0.812. The monoisotopic (exact) mass is 220 g/mol. The van der Waals surface area contributed by atoms with Gasteiger partial charge in [0.15, 0.2) is 6.10 Å². The number of hydrogen-bond acceptors (Lipinski definition) is 3. The van der Waals surface area contributed by atoms with E-state index in [1.807, 2.05) is 0 Å². The number of aliphatic hydroxyl groups is 1. The van der Waals surface area contributed by atoms with Crippen LogP contribution >= 0.6 is 0 Å². The lowest BCUT2D eigenvalue weighted by atomic mass is 10.1. The van der Waals surface area contributed by atoms with E-state index in [2.05, 4.69) is 4.98 Å². The first-order chi connectivity index (χ1) is 7.79. The van der Waals surface area contributed by atoms with Crippen molar-refractivity contribution >= 4 is 5.91 Å². The van der Waals surface area contributed by atoms with Gasteiger partial charge in [0.2, 0.25) is 0 Å². The molecule has 0 aromatic carbocycles. The number of carbonyl (C=O) groups excluding carboxylic acids is 1. The van der Waals surface area contributed by atoms with Crippen LogP contribution in [0.5, 0.6) is 0 Å². The van der Waals surface area contributed by atoms with Gasteiger partial charge in [0.05, 0.1) is 0 Å².